The van der Waals surface area contributed by atoms with Crippen molar-refractivity contribution in [2.75, 3.05) is 24.3 Å². The van der Waals surface area contributed by atoms with Crippen molar-refractivity contribution < 1.29 is 24.2 Å². The Balaban J connectivity index is 1.74. The molecule has 0 aliphatic carbocycles. The largest absolute Gasteiger partial charge is 0.492 e. The van der Waals surface area contributed by atoms with E-state index in [0.717, 1.165) is 11.1 Å². The van der Waals surface area contributed by atoms with Crippen molar-refractivity contribution in [1.29, 1.82) is 0 Å². The second-order valence-electron chi connectivity index (χ2n) is 8.68. The van der Waals surface area contributed by atoms with Crippen LogP contribution in [0.4, 0.5) is 11.6 Å². The first-order valence-corrected chi connectivity index (χ1v) is 11.6. The number of aryl methyl sites for hydroxylation is 1. The molecule has 1 aromatic carbocycles. The number of amides is 2. The highest BCUT2D eigenvalue weighted by Crippen LogP contribution is 2.34. The van der Waals surface area contributed by atoms with Crippen LogP contribution in [-0.4, -0.2) is 45.5 Å². The molecule has 12 heteroatoms. The van der Waals surface area contributed by atoms with Gasteiger partial charge < -0.3 is 30.9 Å². The van der Waals surface area contributed by atoms with Gasteiger partial charge in [-0.25, -0.2) is 0 Å². The molecule has 2 amide bonds. The number of anilines is 2. The Hall–Kier alpha value is -3.93. The van der Waals surface area contributed by atoms with Gasteiger partial charge in [-0.15, -0.1) is 0 Å². The number of nitrogens with one attached hydrogen (secondary N) is 2. The van der Waals surface area contributed by atoms with Gasteiger partial charge in [0.25, 0.3) is 11.1 Å². The Bertz CT molecular complexity index is 1240. The Morgan fingerprint density at radius 2 is 1.94 bits per heavy atom. The molecule has 2 aromatic heterocycles. The molecule has 2 heterocycles. The Kier molecular flexibility index (Phi) is 7.75. The summed E-state index contributed by atoms with van der Waals surface area (Å²) in [5.41, 5.74) is 7.07. The molecule has 186 valence electrons. The monoisotopic (exact) mass is 500 g/mol. The lowest BCUT2D eigenvalue weighted by atomic mass is 9.86. The maximum absolute atomic E-state index is 12.8. The summed E-state index contributed by atoms with van der Waals surface area (Å²) in [5, 5.41) is 17.4. The van der Waals surface area contributed by atoms with E-state index < -0.39 is 17.7 Å². The molecule has 0 radical (unpaired) electrons. The van der Waals surface area contributed by atoms with Gasteiger partial charge in [0.15, 0.2) is 5.69 Å². The first-order valence-electron chi connectivity index (χ1n) is 10.7. The van der Waals surface area contributed by atoms with Gasteiger partial charge in [0.2, 0.25) is 23.6 Å². The van der Waals surface area contributed by atoms with Gasteiger partial charge in [-0.1, -0.05) is 44.2 Å². The van der Waals surface area contributed by atoms with E-state index in [0.29, 0.717) is 10.9 Å². The van der Waals surface area contributed by atoms with Gasteiger partial charge in [-0.05, 0) is 29.5 Å². The number of nitrogens with zero attached hydrogens (tertiary/aromatic N) is 3. The van der Waals surface area contributed by atoms with Gasteiger partial charge in [0.05, 0.1) is 7.11 Å². The number of carbonyl (C=O) groups excluding carboxylic acids is 2. The molecule has 0 atom stereocenters. The van der Waals surface area contributed by atoms with Crippen molar-refractivity contribution in [1.82, 2.24) is 15.0 Å². The summed E-state index contributed by atoms with van der Waals surface area (Å²) < 4.78 is 11.1. The first-order chi connectivity index (χ1) is 16.5. The van der Waals surface area contributed by atoms with Crippen LogP contribution in [0.25, 0.3) is 0 Å². The number of thiazole rings is 1. The number of primary amides is 1. The molecule has 3 rings (SSSR count). The minimum Gasteiger partial charge on any atom is -0.492 e. The lowest BCUT2D eigenvalue weighted by Crippen LogP contribution is -2.18. The van der Waals surface area contributed by atoms with E-state index in [1.54, 1.807) is 0 Å². The second-order valence-corrected chi connectivity index (χ2v) is 9.50. The zero-order valence-electron chi connectivity index (χ0n) is 20.1. The van der Waals surface area contributed by atoms with Crippen molar-refractivity contribution in [3.8, 4) is 22.7 Å². The normalized spacial score (nSPS) is 11.1. The number of ether oxygens (including phenoxy) is 2. The van der Waals surface area contributed by atoms with Gasteiger partial charge in [0.1, 0.15) is 11.4 Å². The van der Waals surface area contributed by atoms with Gasteiger partial charge in [-0.2, -0.15) is 15.0 Å². The van der Waals surface area contributed by atoms with Crippen molar-refractivity contribution in [2.45, 2.75) is 39.5 Å². The average molecular weight is 501 g/mol. The summed E-state index contributed by atoms with van der Waals surface area (Å²) in [6.07, 6.45) is 0.0547. The number of rotatable bonds is 9. The van der Waals surface area contributed by atoms with Crippen molar-refractivity contribution in [3.63, 3.8) is 0 Å². The molecule has 5 N–H and O–H groups in total. The zero-order valence-corrected chi connectivity index (χ0v) is 20.9. The first kappa shape index (κ1) is 25.7. The third-order valence-electron chi connectivity index (χ3n) is 4.91. The van der Waals surface area contributed by atoms with Crippen LogP contribution in [0.3, 0.4) is 0 Å². The molecule has 0 aliphatic rings. The second kappa shape index (κ2) is 10.6. The SMILES string of the molecule is COc1nc(NCCC(N)=O)nc(O)c1NC(=O)c1csc(Oc2cc(C(C)(C)C)ccc2C)n1. The molecule has 0 aliphatic heterocycles. The molecular weight excluding hydrogens is 472 g/mol. The van der Waals surface area contributed by atoms with E-state index in [2.05, 4.69) is 52.4 Å². The standard InChI is InChI=1S/C23H28N6O5S/c1-12-6-7-13(23(2,3)4)10-15(12)34-22-26-14(11-35-22)18(31)27-17-19(32)28-21(29-20(17)33-5)25-9-8-16(24)30/h6-7,10-11H,8-9H2,1-5H3,(H2,24,30)(H,27,31)(H2,25,28,29,32). The molecule has 0 saturated carbocycles. The van der Waals surface area contributed by atoms with Crippen molar-refractivity contribution in [3.05, 3.63) is 40.4 Å². The number of hydrogen-bond donors (Lipinski definition) is 4. The molecular formula is C23H28N6O5S. The van der Waals surface area contributed by atoms with E-state index in [9.17, 15) is 14.7 Å². The lowest BCUT2D eigenvalue weighted by molar-refractivity contribution is -0.117. The van der Waals surface area contributed by atoms with Crippen LogP contribution in [0.5, 0.6) is 22.7 Å². The molecule has 0 fully saturated rings. The van der Waals surface area contributed by atoms with Crippen molar-refractivity contribution in [2.24, 2.45) is 5.73 Å². The highest BCUT2D eigenvalue weighted by Gasteiger charge is 2.21. The summed E-state index contributed by atoms with van der Waals surface area (Å²) in [7, 11) is 1.33. The molecule has 0 bridgehead atoms. The van der Waals surface area contributed by atoms with E-state index >= 15 is 0 Å². The highest BCUT2D eigenvalue weighted by molar-refractivity contribution is 7.11. The van der Waals surface area contributed by atoms with E-state index in [-0.39, 0.29) is 41.6 Å². The number of aromatic nitrogens is 3. The minimum absolute atomic E-state index is 0.0100. The molecule has 3 aromatic rings. The predicted molar refractivity (Wildman–Crippen MR) is 133 cm³/mol. The fourth-order valence-corrected chi connectivity index (χ4v) is 3.58. The van der Waals surface area contributed by atoms with Crippen LogP contribution < -0.4 is 25.8 Å². The van der Waals surface area contributed by atoms with Crippen LogP contribution in [0.1, 0.15) is 48.8 Å². The molecule has 0 unspecified atom stereocenters. The topological polar surface area (TPSA) is 162 Å². The molecule has 35 heavy (non-hydrogen) atoms. The van der Waals surface area contributed by atoms with Gasteiger partial charge in [-0.3, -0.25) is 9.59 Å². The predicted octanol–water partition coefficient (Wildman–Crippen LogP) is 3.59. The van der Waals surface area contributed by atoms with Crippen LogP contribution in [0, 0.1) is 6.92 Å². The fraction of sp³-hybridized carbons (Fsp3) is 0.348. The number of benzene rings is 1. The van der Waals surface area contributed by atoms with Crippen LogP contribution >= 0.6 is 11.3 Å². The minimum atomic E-state index is -0.608. The van der Waals surface area contributed by atoms with Crippen molar-refractivity contribution >= 4 is 34.8 Å². The fourth-order valence-electron chi connectivity index (χ4n) is 2.92. The maximum atomic E-state index is 12.8. The van der Waals surface area contributed by atoms with E-state index in [1.807, 2.05) is 19.1 Å². The van der Waals surface area contributed by atoms with E-state index in [4.69, 9.17) is 15.2 Å². The molecule has 0 saturated heterocycles. The summed E-state index contributed by atoms with van der Waals surface area (Å²) in [4.78, 5) is 35.9. The smallest absolute Gasteiger partial charge is 0.279 e. The number of aromatic hydroxyl groups is 1. The quantitative estimate of drug-likeness (QED) is 0.344. The summed E-state index contributed by atoms with van der Waals surface area (Å²) >= 11 is 1.17. The van der Waals surface area contributed by atoms with Crippen LogP contribution in [0.15, 0.2) is 23.6 Å². The zero-order chi connectivity index (χ0) is 25.8. The van der Waals surface area contributed by atoms with Crippen LogP contribution in [-0.2, 0) is 10.2 Å². The van der Waals surface area contributed by atoms with Gasteiger partial charge >= 0.3 is 0 Å². The number of methoxy groups -OCH3 is 1. The Morgan fingerprint density at radius 3 is 2.60 bits per heavy atom. The third kappa shape index (κ3) is 6.57. The third-order valence-corrected chi connectivity index (χ3v) is 5.63. The average Bonchev–Trinajstić information content (AvgIpc) is 3.24. The Labute approximate surface area is 206 Å². The van der Waals surface area contributed by atoms with Gasteiger partial charge in [0, 0.05) is 18.3 Å². The lowest BCUT2D eigenvalue weighted by Gasteiger charge is -2.20. The number of nitrogens with two attached hydrogens (primary N) is 1. The maximum Gasteiger partial charge on any atom is 0.279 e. The summed E-state index contributed by atoms with van der Waals surface area (Å²) in [6, 6.07) is 6.01. The number of hydrogen-bond acceptors (Lipinski definition) is 10. The Morgan fingerprint density at radius 1 is 1.20 bits per heavy atom. The summed E-state index contributed by atoms with van der Waals surface area (Å²) in [6.45, 7) is 8.45. The number of carbonyl (C=O) groups is 2. The summed E-state index contributed by atoms with van der Waals surface area (Å²) in [5.74, 6) is -1.03. The van der Waals surface area contributed by atoms with Crippen LogP contribution in [0.2, 0.25) is 0 Å². The molecule has 0 spiro atoms. The highest BCUT2D eigenvalue weighted by atomic mass is 32.1. The molecule has 11 nitrogen and oxygen atoms in total. The van der Waals surface area contributed by atoms with E-state index in [1.165, 1.54) is 23.8 Å².